The average molecular weight is 280 g/mol. The van der Waals surface area contributed by atoms with Gasteiger partial charge in [0.1, 0.15) is 11.9 Å². The number of hydrogen-bond acceptors (Lipinski definition) is 4. The zero-order chi connectivity index (χ0) is 14.8. The number of nitrogens with one attached hydrogen (secondary N) is 1. The summed E-state index contributed by atoms with van der Waals surface area (Å²) in [6.07, 6.45) is 1.67. The minimum atomic E-state index is -0.288. The first-order valence-electron chi connectivity index (χ1n) is 6.79. The van der Waals surface area contributed by atoms with Crippen molar-refractivity contribution in [2.24, 2.45) is 0 Å². The topological polar surface area (TPSA) is 41.6 Å². The lowest BCUT2D eigenvalue weighted by molar-refractivity contribution is -0.148. The quantitative estimate of drug-likeness (QED) is 0.859. The lowest BCUT2D eigenvalue weighted by Gasteiger charge is -2.35. The normalized spacial score (nSPS) is 21.9. The molecule has 2 rings (SSSR count). The highest BCUT2D eigenvalue weighted by molar-refractivity contribution is 5.76. The van der Waals surface area contributed by atoms with Crippen LogP contribution in [0.2, 0.25) is 0 Å². The fraction of sp³-hybridized carbons (Fsp3) is 0.533. The smallest absolute Gasteiger partial charge is 0.324 e. The molecule has 0 saturated carbocycles. The van der Waals surface area contributed by atoms with Crippen molar-refractivity contribution in [3.8, 4) is 0 Å². The van der Waals surface area contributed by atoms with E-state index in [4.69, 9.17) is 4.74 Å². The molecule has 1 aliphatic heterocycles. The van der Waals surface area contributed by atoms with E-state index in [0.717, 1.165) is 18.4 Å². The molecule has 1 fully saturated rings. The number of ether oxygens (including phenoxy) is 1. The van der Waals surface area contributed by atoms with Gasteiger partial charge in [-0.2, -0.15) is 0 Å². The van der Waals surface area contributed by atoms with Crippen molar-refractivity contribution >= 4 is 5.97 Å². The van der Waals surface area contributed by atoms with E-state index >= 15 is 0 Å². The summed E-state index contributed by atoms with van der Waals surface area (Å²) < 4.78 is 18.0. The van der Waals surface area contributed by atoms with Crippen molar-refractivity contribution in [1.82, 2.24) is 10.4 Å². The van der Waals surface area contributed by atoms with Crippen LogP contribution in [0, 0.1) is 5.82 Å². The fourth-order valence-electron chi connectivity index (χ4n) is 2.67. The molecule has 0 amide bonds. The maximum absolute atomic E-state index is 13.2. The van der Waals surface area contributed by atoms with Crippen LogP contribution in [0.15, 0.2) is 24.3 Å². The van der Waals surface area contributed by atoms with E-state index in [-0.39, 0.29) is 23.4 Å². The first kappa shape index (κ1) is 14.9. The van der Waals surface area contributed by atoms with Crippen molar-refractivity contribution in [3.63, 3.8) is 0 Å². The predicted molar refractivity (Wildman–Crippen MR) is 74.2 cm³/mol. The van der Waals surface area contributed by atoms with Gasteiger partial charge in [0.15, 0.2) is 0 Å². The Balaban J connectivity index is 2.06. The van der Waals surface area contributed by atoms with E-state index in [1.54, 1.807) is 6.07 Å². The Bertz CT molecular complexity index is 491. The molecule has 1 unspecified atom stereocenters. The summed E-state index contributed by atoms with van der Waals surface area (Å²) in [5.41, 5.74) is 3.96. The molecule has 1 aromatic carbocycles. The largest absolute Gasteiger partial charge is 0.468 e. The molecule has 110 valence electrons. The molecule has 0 spiro atoms. The molecule has 1 aromatic rings. The van der Waals surface area contributed by atoms with Crippen LogP contribution in [0.1, 0.15) is 32.3 Å². The molecular weight excluding hydrogens is 259 g/mol. The van der Waals surface area contributed by atoms with E-state index in [0.29, 0.717) is 6.54 Å². The summed E-state index contributed by atoms with van der Waals surface area (Å²) in [5.74, 6) is -0.489. The van der Waals surface area contributed by atoms with Gasteiger partial charge in [0, 0.05) is 12.1 Å². The van der Waals surface area contributed by atoms with Crippen molar-refractivity contribution in [2.75, 3.05) is 7.11 Å². The Morgan fingerprint density at radius 2 is 2.30 bits per heavy atom. The zero-order valence-electron chi connectivity index (χ0n) is 12.1. The fourth-order valence-corrected chi connectivity index (χ4v) is 2.67. The summed E-state index contributed by atoms with van der Waals surface area (Å²) in [6, 6.07) is 6.15. The van der Waals surface area contributed by atoms with Gasteiger partial charge in [-0.15, -0.1) is 0 Å². The van der Waals surface area contributed by atoms with Gasteiger partial charge in [-0.25, -0.2) is 14.8 Å². The van der Waals surface area contributed by atoms with Crippen LogP contribution in [-0.4, -0.2) is 29.7 Å². The van der Waals surface area contributed by atoms with E-state index in [2.05, 4.69) is 19.3 Å². The Labute approximate surface area is 118 Å². The van der Waals surface area contributed by atoms with Gasteiger partial charge in [0.05, 0.1) is 7.11 Å². The number of carbonyl (C=O) groups excluding carboxylic acids is 1. The molecule has 4 nitrogen and oxygen atoms in total. The maximum atomic E-state index is 13.2. The third-order valence-corrected chi connectivity index (χ3v) is 3.81. The molecule has 5 heteroatoms. The number of esters is 1. The molecule has 0 aromatic heterocycles. The summed E-state index contributed by atoms with van der Waals surface area (Å²) >= 11 is 0. The maximum Gasteiger partial charge on any atom is 0.324 e. The van der Waals surface area contributed by atoms with Gasteiger partial charge in [-0.3, -0.25) is 4.79 Å². The van der Waals surface area contributed by atoms with Crippen LogP contribution in [0.4, 0.5) is 4.39 Å². The number of rotatable bonds is 4. The van der Waals surface area contributed by atoms with E-state index in [1.165, 1.54) is 19.2 Å². The molecular formula is C15H21FN2O2. The van der Waals surface area contributed by atoms with Crippen molar-refractivity contribution in [2.45, 2.75) is 44.8 Å². The highest BCUT2D eigenvalue weighted by Gasteiger charge is 2.43. The summed E-state index contributed by atoms with van der Waals surface area (Å²) in [6.45, 7) is 4.64. The Morgan fingerprint density at radius 3 is 2.95 bits per heavy atom. The second kappa shape index (κ2) is 5.89. The number of carbonyl (C=O) groups is 1. The zero-order valence-corrected chi connectivity index (χ0v) is 12.1. The number of benzene rings is 1. The summed E-state index contributed by atoms with van der Waals surface area (Å²) in [4.78, 5) is 11.8. The molecule has 20 heavy (non-hydrogen) atoms. The van der Waals surface area contributed by atoms with Crippen LogP contribution < -0.4 is 5.43 Å². The van der Waals surface area contributed by atoms with Gasteiger partial charge in [0.25, 0.3) is 0 Å². The van der Waals surface area contributed by atoms with Crippen LogP contribution in [0.3, 0.4) is 0 Å². The predicted octanol–water partition coefficient (Wildman–Crippen LogP) is 2.25. The number of halogens is 1. The van der Waals surface area contributed by atoms with E-state index < -0.39 is 0 Å². The second-order valence-corrected chi connectivity index (χ2v) is 5.72. The SMILES string of the molecule is COC(=O)C1CCC(C)(C)N1NCc1cccc(F)c1. The first-order valence-corrected chi connectivity index (χ1v) is 6.79. The summed E-state index contributed by atoms with van der Waals surface area (Å²) in [7, 11) is 1.40. The van der Waals surface area contributed by atoms with Gasteiger partial charge in [0.2, 0.25) is 0 Å². The molecule has 1 atom stereocenters. The molecule has 1 N–H and O–H groups in total. The van der Waals surface area contributed by atoms with Gasteiger partial charge in [-0.1, -0.05) is 12.1 Å². The Morgan fingerprint density at radius 1 is 1.55 bits per heavy atom. The number of nitrogens with zero attached hydrogens (tertiary/aromatic N) is 1. The highest BCUT2D eigenvalue weighted by Crippen LogP contribution is 2.32. The highest BCUT2D eigenvalue weighted by atomic mass is 19.1. The van der Waals surface area contributed by atoms with Crippen molar-refractivity contribution in [3.05, 3.63) is 35.6 Å². The monoisotopic (exact) mass is 280 g/mol. The second-order valence-electron chi connectivity index (χ2n) is 5.72. The van der Waals surface area contributed by atoms with Crippen LogP contribution in [0.25, 0.3) is 0 Å². The molecule has 0 aliphatic carbocycles. The molecule has 1 saturated heterocycles. The average Bonchev–Trinajstić information content (AvgIpc) is 2.71. The third kappa shape index (κ3) is 3.16. The number of methoxy groups -OCH3 is 1. The van der Waals surface area contributed by atoms with Gasteiger partial charge >= 0.3 is 5.97 Å². The minimum absolute atomic E-state index is 0.133. The van der Waals surface area contributed by atoms with E-state index in [9.17, 15) is 9.18 Å². The van der Waals surface area contributed by atoms with Crippen LogP contribution in [0.5, 0.6) is 0 Å². The van der Waals surface area contributed by atoms with Crippen LogP contribution >= 0.6 is 0 Å². The summed E-state index contributed by atoms with van der Waals surface area (Å²) in [5, 5.41) is 1.93. The standard InChI is InChI=1S/C15H21FN2O2/c1-15(2)8-7-13(14(19)20-3)18(15)17-10-11-5-4-6-12(16)9-11/h4-6,9,13,17H,7-8,10H2,1-3H3. The van der Waals surface area contributed by atoms with Gasteiger partial charge < -0.3 is 4.74 Å². The van der Waals surface area contributed by atoms with Gasteiger partial charge in [-0.05, 0) is 44.4 Å². The molecule has 1 heterocycles. The Hall–Kier alpha value is -1.46. The van der Waals surface area contributed by atoms with E-state index in [1.807, 2.05) is 11.1 Å². The molecule has 0 radical (unpaired) electrons. The number of hydrogen-bond donors (Lipinski definition) is 1. The Kier molecular flexibility index (Phi) is 4.40. The third-order valence-electron chi connectivity index (χ3n) is 3.81. The minimum Gasteiger partial charge on any atom is -0.468 e. The molecule has 1 aliphatic rings. The molecule has 0 bridgehead atoms. The number of hydrazine groups is 1. The van der Waals surface area contributed by atoms with Crippen LogP contribution in [-0.2, 0) is 16.1 Å². The first-order chi connectivity index (χ1) is 9.44. The lowest BCUT2D eigenvalue weighted by Crippen LogP contribution is -2.54. The lowest BCUT2D eigenvalue weighted by atomic mass is 10.0. The van der Waals surface area contributed by atoms with Crippen molar-refractivity contribution < 1.29 is 13.9 Å². The van der Waals surface area contributed by atoms with Crippen molar-refractivity contribution in [1.29, 1.82) is 0 Å².